The predicted octanol–water partition coefficient (Wildman–Crippen LogP) is 4.38. The van der Waals surface area contributed by atoms with Crippen LogP contribution in [0.15, 0.2) is 12.1 Å². The monoisotopic (exact) mass is 319 g/mol. The molecule has 23 heavy (non-hydrogen) atoms. The Labute approximate surface area is 139 Å². The van der Waals surface area contributed by atoms with Gasteiger partial charge in [0.2, 0.25) is 0 Å². The number of rotatable bonds is 7. The van der Waals surface area contributed by atoms with Gasteiger partial charge in [-0.05, 0) is 76.1 Å². The van der Waals surface area contributed by atoms with Crippen LogP contribution in [0.2, 0.25) is 0 Å². The molecule has 0 heterocycles. The van der Waals surface area contributed by atoms with Crippen molar-refractivity contribution in [1.82, 2.24) is 0 Å². The van der Waals surface area contributed by atoms with Crippen molar-refractivity contribution in [3.63, 3.8) is 0 Å². The van der Waals surface area contributed by atoms with E-state index in [-0.39, 0.29) is 5.91 Å². The minimum atomic E-state index is -0.642. The van der Waals surface area contributed by atoms with E-state index in [0.29, 0.717) is 13.2 Å². The Kier molecular flexibility index (Phi) is 6.05. The largest absolute Gasteiger partial charge is 0.493 e. The summed E-state index contributed by atoms with van der Waals surface area (Å²) in [5, 5.41) is 3.07. The van der Waals surface area contributed by atoms with Crippen LogP contribution in [0.1, 0.15) is 57.1 Å². The third-order valence-electron chi connectivity index (χ3n) is 4.41. The number of anilines is 1. The molecule has 0 spiro atoms. The number of carbonyl (C=O) groups excluding carboxylic acids is 1. The molecule has 1 fully saturated rings. The van der Waals surface area contributed by atoms with Gasteiger partial charge in [0, 0.05) is 12.3 Å². The standard InChI is InChI=1S/C19H29NO3/c1-5-11-23-19(9-7-8-10-19)18(21)20-16-12-14(3)17(22-6-2)15(4)13-16/h12-13H,5-11H2,1-4H3,(H,20,21). The van der Waals surface area contributed by atoms with Crippen molar-refractivity contribution in [2.75, 3.05) is 18.5 Å². The summed E-state index contributed by atoms with van der Waals surface area (Å²) >= 11 is 0. The van der Waals surface area contributed by atoms with Gasteiger partial charge in [-0.3, -0.25) is 4.79 Å². The first kappa shape index (κ1) is 17.8. The van der Waals surface area contributed by atoms with Gasteiger partial charge in [0.15, 0.2) is 0 Å². The SMILES string of the molecule is CCCOC1(C(=O)Nc2cc(C)c(OCC)c(C)c2)CCCC1. The van der Waals surface area contributed by atoms with E-state index >= 15 is 0 Å². The van der Waals surface area contributed by atoms with Gasteiger partial charge < -0.3 is 14.8 Å². The van der Waals surface area contributed by atoms with E-state index in [1.807, 2.05) is 32.9 Å². The molecule has 0 aliphatic heterocycles. The molecule has 1 aromatic rings. The van der Waals surface area contributed by atoms with E-state index < -0.39 is 5.60 Å². The predicted molar refractivity (Wildman–Crippen MR) is 93.2 cm³/mol. The number of benzene rings is 1. The van der Waals surface area contributed by atoms with Crippen LogP contribution in [0.4, 0.5) is 5.69 Å². The zero-order valence-electron chi connectivity index (χ0n) is 14.8. The highest BCUT2D eigenvalue weighted by molar-refractivity contribution is 5.97. The maximum absolute atomic E-state index is 12.8. The first-order valence-electron chi connectivity index (χ1n) is 8.72. The lowest BCUT2D eigenvalue weighted by molar-refractivity contribution is -0.140. The van der Waals surface area contributed by atoms with Gasteiger partial charge >= 0.3 is 0 Å². The molecular formula is C19H29NO3. The normalized spacial score (nSPS) is 16.3. The van der Waals surface area contributed by atoms with E-state index in [0.717, 1.165) is 54.7 Å². The molecule has 1 amide bonds. The van der Waals surface area contributed by atoms with Crippen LogP contribution in [0.25, 0.3) is 0 Å². The highest BCUT2D eigenvalue weighted by atomic mass is 16.5. The molecule has 0 saturated heterocycles. The highest BCUT2D eigenvalue weighted by Crippen LogP contribution is 2.35. The van der Waals surface area contributed by atoms with E-state index in [1.54, 1.807) is 0 Å². The van der Waals surface area contributed by atoms with Crippen molar-refractivity contribution in [1.29, 1.82) is 0 Å². The molecule has 1 saturated carbocycles. The van der Waals surface area contributed by atoms with Gasteiger partial charge in [0.1, 0.15) is 11.4 Å². The number of ether oxygens (including phenoxy) is 2. The Hall–Kier alpha value is -1.55. The van der Waals surface area contributed by atoms with E-state index in [2.05, 4.69) is 12.2 Å². The fourth-order valence-electron chi connectivity index (χ4n) is 3.32. The maximum atomic E-state index is 12.8. The molecule has 2 rings (SSSR count). The first-order chi connectivity index (χ1) is 11.0. The average Bonchev–Trinajstić information content (AvgIpc) is 2.99. The smallest absolute Gasteiger partial charge is 0.256 e. The van der Waals surface area contributed by atoms with Gasteiger partial charge in [-0.15, -0.1) is 0 Å². The van der Waals surface area contributed by atoms with E-state index in [9.17, 15) is 4.79 Å². The zero-order chi connectivity index (χ0) is 16.9. The van der Waals surface area contributed by atoms with Crippen molar-refractivity contribution >= 4 is 11.6 Å². The molecule has 0 atom stereocenters. The lowest BCUT2D eigenvalue weighted by atomic mass is 10.00. The van der Waals surface area contributed by atoms with Gasteiger partial charge in [-0.25, -0.2) is 0 Å². The summed E-state index contributed by atoms with van der Waals surface area (Å²) in [5.41, 5.74) is 2.25. The van der Waals surface area contributed by atoms with Crippen LogP contribution < -0.4 is 10.1 Å². The Morgan fingerprint density at radius 2 is 1.78 bits per heavy atom. The molecule has 1 aliphatic rings. The average molecular weight is 319 g/mol. The van der Waals surface area contributed by atoms with Crippen molar-refractivity contribution in [2.24, 2.45) is 0 Å². The van der Waals surface area contributed by atoms with Gasteiger partial charge in [0.25, 0.3) is 5.91 Å². The Morgan fingerprint density at radius 3 is 2.30 bits per heavy atom. The highest BCUT2D eigenvalue weighted by Gasteiger charge is 2.42. The van der Waals surface area contributed by atoms with Gasteiger partial charge in [-0.2, -0.15) is 0 Å². The quantitative estimate of drug-likeness (QED) is 0.811. The van der Waals surface area contributed by atoms with E-state index in [1.165, 1.54) is 0 Å². The number of carbonyl (C=O) groups is 1. The second-order valence-corrected chi connectivity index (χ2v) is 6.38. The molecule has 1 aliphatic carbocycles. The fraction of sp³-hybridized carbons (Fsp3) is 0.632. The number of nitrogens with one attached hydrogen (secondary N) is 1. The topological polar surface area (TPSA) is 47.6 Å². The summed E-state index contributed by atoms with van der Waals surface area (Å²) in [6.07, 6.45) is 4.66. The van der Waals surface area contributed by atoms with Crippen LogP contribution >= 0.6 is 0 Å². The third-order valence-corrected chi connectivity index (χ3v) is 4.41. The Bertz CT molecular complexity index is 525. The van der Waals surface area contributed by atoms with Crippen LogP contribution in [0.3, 0.4) is 0 Å². The minimum Gasteiger partial charge on any atom is -0.493 e. The summed E-state index contributed by atoms with van der Waals surface area (Å²) in [6.45, 7) is 9.33. The number of hydrogen-bond acceptors (Lipinski definition) is 3. The second kappa shape index (κ2) is 7.82. The van der Waals surface area contributed by atoms with Crippen LogP contribution in [-0.2, 0) is 9.53 Å². The van der Waals surface area contributed by atoms with Crippen molar-refractivity contribution < 1.29 is 14.3 Å². The number of aryl methyl sites for hydroxylation is 2. The molecule has 4 nitrogen and oxygen atoms in total. The van der Waals surface area contributed by atoms with Crippen LogP contribution in [0.5, 0.6) is 5.75 Å². The molecular weight excluding hydrogens is 290 g/mol. The Balaban J connectivity index is 2.15. The second-order valence-electron chi connectivity index (χ2n) is 6.38. The van der Waals surface area contributed by atoms with Crippen molar-refractivity contribution in [3.8, 4) is 5.75 Å². The lowest BCUT2D eigenvalue weighted by Crippen LogP contribution is -2.43. The molecule has 1 aromatic carbocycles. The third kappa shape index (κ3) is 4.05. The van der Waals surface area contributed by atoms with Gasteiger partial charge in [0.05, 0.1) is 6.61 Å². The molecule has 0 unspecified atom stereocenters. The fourth-order valence-corrected chi connectivity index (χ4v) is 3.32. The summed E-state index contributed by atoms with van der Waals surface area (Å²) < 4.78 is 11.6. The van der Waals surface area contributed by atoms with Crippen LogP contribution in [-0.4, -0.2) is 24.7 Å². The molecule has 0 radical (unpaired) electrons. The van der Waals surface area contributed by atoms with Gasteiger partial charge in [-0.1, -0.05) is 6.92 Å². The zero-order valence-corrected chi connectivity index (χ0v) is 14.8. The molecule has 0 bridgehead atoms. The van der Waals surface area contributed by atoms with Crippen molar-refractivity contribution in [2.45, 2.75) is 65.4 Å². The minimum absolute atomic E-state index is 0.00795. The summed E-state index contributed by atoms with van der Waals surface area (Å²) in [4.78, 5) is 12.8. The first-order valence-corrected chi connectivity index (χ1v) is 8.72. The molecule has 128 valence electrons. The Morgan fingerprint density at radius 1 is 1.17 bits per heavy atom. The summed E-state index contributed by atoms with van der Waals surface area (Å²) in [6, 6.07) is 3.94. The molecule has 1 N–H and O–H groups in total. The number of hydrogen-bond donors (Lipinski definition) is 1. The lowest BCUT2D eigenvalue weighted by Gasteiger charge is -2.28. The molecule has 0 aromatic heterocycles. The van der Waals surface area contributed by atoms with Crippen LogP contribution in [0, 0.1) is 13.8 Å². The van der Waals surface area contributed by atoms with Crippen molar-refractivity contribution in [3.05, 3.63) is 23.3 Å². The summed E-state index contributed by atoms with van der Waals surface area (Å²) in [7, 11) is 0. The number of amides is 1. The van der Waals surface area contributed by atoms with E-state index in [4.69, 9.17) is 9.47 Å². The maximum Gasteiger partial charge on any atom is 0.256 e. The summed E-state index contributed by atoms with van der Waals surface area (Å²) in [5.74, 6) is 0.898. The molecule has 4 heteroatoms.